The zero-order valence-corrected chi connectivity index (χ0v) is 30.5. The van der Waals surface area contributed by atoms with E-state index in [9.17, 15) is 0 Å². The molecule has 0 atom stereocenters. The van der Waals surface area contributed by atoms with Gasteiger partial charge in [0.25, 0.3) is 0 Å². The van der Waals surface area contributed by atoms with Crippen molar-refractivity contribution in [1.82, 2.24) is 18.7 Å². The Balaban J connectivity index is 1.30. The summed E-state index contributed by atoms with van der Waals surface area (Å²) in [6, 6.07) is 32.7. The number of imidazole rings is 1. The summed E-state index contributed by atoms with van der Waals surface area (Å²) in [5.74, 6) is 2.51. The molecule has 6 heteroatoms. The third-order valence-corrected chi connectivity index (χ3v) is 12.1. The molecule has 1 aliphatic heterocycles. The molecule has 5 nitrogen and oxygen atoms in total. The van der Waals surface area contributed by atoms with Crippen molar-refractivity contribution in [2.75, 3.05) is 0 Å². The van der Waals surface area contributed by atoms with Gasteiger partial charge in [-0.2, -0.15) is 0 Å². The molecule has 0 aliphatic carbocycles. The standard InChI is InChI=1S/C41H40N4O.Pt/c1-39(2,3)26-20-21-42-37(22-26)45-33-14-10-9-12-29(33)30-18-16-27(23-35(30)45)46-28-17-19-31-36(24-28)44-25-43(8)34-15-11-13-32(38(34)44)41(6,7)40(31,4)5;/h9-24H,1-8H3;. The van der Waals surface area contributed by atoms with Gasteiger partial charge in [0, 0.05) is 6.20 Å². The van der Waals surface area contributed by atoms with Crippen molar-refractivity contribution in [3.05, 3.63) is 118 Å². The number of hydrogen-bond donors (Lipinski definition) is 0. The first-order chi connectivity index (χ1) is 22.3. The van der Waals surface area contributed by atoms with E-state index in [1.807, 2.05) is 6.20 Å². The number of pyridine rings is 1. The number of hydrogen-bond acceptors (Lipinski definition) is 2. The average Bonchev–Trinajstić information content (AvgIpc) is 3.49. The van der Waals surface area contributed by atoms with Gasteiger partial charge >= 0.3 is 232 Å². The number of para-hydroxylation sites is 2. The van der Waals surface area contributed by atoms with E-state index >= 15 is 0 Å². The van der Waals surface area contributed by atoms with Crippen molar-refractivity contribution in [2.45, 2.75) is 64.7 Å². The maximum absolute atomic E-state index is 6.75. The fourth-order valence-electron chi connectivity index (χ4n) is 7.45. The van der Waals surface area contributed by atoms with Gasteiger partial charge in [-0.05, 0) is 17.0 Å². The Morgan fingerprint density at radius 3 is 2.15 bits per heavy atom. The van der Waals surface area contributed by atoms with Crippen LogP contribution >= 0.6 is 0 Å². The van der Waals surface area contributed by atoms with E-state index < -0.39 is 0 Å². The maximum atomic E-state index is 6.75. The van der Waals surface area contributed by atoms with Crippen molar-refractivity contribution in [3.8, 4) is 23.0 Å². The van der Waals surface area contributed by atoms with Gasteiger partial charge in [-0.1, -0.05) is 32.9 Å². The summed E-state index contributed by atoms with van der Waals surface area (Å²) in [7, 11) is 2.16. The first-order valence-electron chi connectivity index (χ1n) is 16.3. The Morgan fingerprint density at radius 1 is 0.681 bits per heavy atom. The molecule has 4 heterocycles. The van der Waals surface area contributed by atoms with Crippen LogP contribution in [-0.2, 0) is 42.6 Å². The number of aromatic nitrogens is 4. The molecule has 0 fully saturated rings. The Hall–Kier alpha value is -4.21. The first kappa shape index (κ1) is 30.1. The van der Waals surface area contributed by atoms with Gasteiger partial charge in [-0.15, -0.1) is 0 Å². The molecular weight excluding hydrogens is 760 g/mol. The molecule has 240 valence electrons. The summed E-state index contributed by atoms with van der Waals surface area (Å²) in [6.45, 7) is 16.2. The Bertz CT molecular complexity index is 2470. The van der Waals surface area contributed by atoms with E-state index in [4.69, 9.17) is 9.72 Å². The fourth-order valence-corrected chi connectivity index (χ4v) is 8.25. The first-order valence-corrected chi connectivity index (χ1v) is 17.4. The SMILES string of the molecule is Cn1[c](=[Pt])n2c3c(cccc31)C(C)(C)C(C)(C)c1ccc(Oc3ccc4c5ccccc5n(-c5cc(C(C)(C)C)ccn5)c4c3)cc1-2. The van der Waals surface area contributed by atoms with Gasteiger partial charge < -0.3 is 0 Å². The fraction of sp³-hybridized carbons (Fsp3) is 0.268. The summed E-state index contributed by atoms with van der Waals surface area (Å²) in [6.07, 6.45) is 1.92. The number of fused-ring (bicyclic) bond motifs is 5. The molecule has 0 unspecified atom stereocenters. The summed E-state index contributed by atoms with van der Waals surface area (Å²) in [5, 5.41) is 2.37. The zero-order valence-electron chi connectivity index (χ0n) is 28.3. The van der Waals surface area contributed by atoms with Crippen molar-refractivity contribution < 1.29 is 24.1 Å². The second kappa shape index (κ2) is 10.1. The van der Waals surface area contributed by atoms with Crippen LogP contribution in [0, 0.1) is 3.80 Å². The summed E-state index contributed by atoms with van der Waals surface area (Å²) < 4.78 is 14.9. The van der Waals surface area contributed by atoms with Crippen LogP contribution < -0.4 is 4.74 Å². The van der Waals surface area contributed by atoms with Crippen LogP contribution in [0.2, 0.25) is 0 Å². The molecule has 0 spiro atoms. The van der Waals surface area contributed by atoms with E-state index in [2.05, 4.69) is 180 Å². The van der Waals surface area contributed by atoms with Gasteiger partial charge in [-0.3, -0.25) is 0 Å². The Labute approximate surface area is 286 Å². The molecule has 0 amide bonds. The topological polar surface area (TPSA) is 36.9 Å². The molecular formula is C41H40N4OPt. The second-order valence-corrected chi connectivity index (χ2v) is 16.0. The quantitative estimate of drug-likeness (QED) is 0.179. The predicted molar refractivity (Wildman–Crippen MR) is 189 cm³/mol. The van der Waals surface area contributed by atoms with Crippen LogP contribution in [-0.4, -0.2) is 18.7 Å². The van der Waals surface area contributed by atoms with Crippen molar-refractivity contribution in [3.63, 3.8) is 0 Å². The molecule has 47 heavy (non-hydrogen) atoms. The van der Waals surface area contributed by atoms with Crippen molar-refractivity contribution in [2.24, 2.45) is 7.05 Å². The summed E-state index contributed by atoms with van der Waals surface area (Å²) in [5.41, 5.74) is 9.56. The van der Waals surface area contributed by atoms with Crippen LogP contribution in [0.1, 0.15) is 65.2 Å². The molecule has 7 aromatic rings. The van der Waals surface area contributed by atoms with Crippen LogP contribution in [0.3, 0.4) is 0 Å². The number of benzene rings is 4. The number of ether oxygens (including phenoxy) is 1. The number of rotatable bonds is 3. The molecule has 0 N–H and O–H groups in total. The van der Waals surface area contributed by atoms with Crippen LogP contribution in [0.5, 0.6) is 11.5 Å². The molecule has 1 aliphatic rings. The second-order valence-electron chi connectivity index (χ2n) is 15.0. The van der Waals surface area contributed by atoms with E-state index in [1.165, 1.54) is 44.2 Å². The molecule has 0 saturated carbocycles. The van der Waals surface area contributed by atoms with E-state index in [0.717, 1.165) is 32.2 Å². The minimum atomic E-state index is -0.134. The monoisotopic (exact) mass is 799 g/mol. The van der Waals surface area contributed by atoms with Gasteiger partial charge in [0.05, 0.1) is 0 Å². The van der Waals surface area contributed by atoms with Gasteiger partial charge in [0.15, 0.2) is 0 Å². The summed E-state index contributed by atoms with van der Waals surface area (Å²) in [4.78, 5) is 4.86. The van der Waals surface area contributed by atoms with E-state index in [-0.39, 0.29) is 16.2 Å². The molecule has 0 bridgehead atoms. The third kappa shape index (κ3) is 4.32. The van der Waals surface area contributed by atoms with Crippen LogP contribution in [0.4, 0.5) is 0 Å². The number of aryl methyl sites for hydroxylation is 1. The molecule has 0 radical (unpaired) electrons. The van der Waals surface area contributed by atoms with E-state index in [1.54, 1.807) is 0 Å². The van der Waals surface area contributed by atoms with Crippen LogP contribution in [0.25, 0.3) is 44.3 Å². The average molecular weight is 800 g/mol. The minimum absolute atomic E-state index is 0.0144. The normalized spacial score (nSPS) is 15.3. The van der Waals surface area contributed by atoms with E-state index in [0.29, 0.717) is 0 Å². The Morgan fingerprint density at radius 2 is 1.36 bits per heavy atom. The molecule has 8 rings (SSSR count). The summed E-state index contributed by atoms with van der Waals surface area (Å²) >= 11 is 2.47. The van der Waals surface area contributed by atoms with Crippen molar-refractivity contribution >= 4 is 32.8 Å². The van der Waals surface area contributed by atoms with Gasteiger partial charge in [0.1, 0.15) is 0 Å². The van der Waals surface area contributed by atoms with Gasteiger partial charge in [0.2, 0.25) is 0 Å². The van der Waals surface area contributed by atoms with Crippen molar-refractivity contribution in [1.29, 1.82) is 0 Å². The molecule has 0 saturated heterocycles. The van der Waals surface area contributed by atoms with Crippen LogP contribution in [0.15, 0.2) is 97.2 Å². The zero-order chi connectivity index (χ0) is 33.0. The molecule has 3 aromatic heterocycles. The number of nitrogens with zero attached hydrogens (tertiary/aromatic N) is 4. The third-order valence-electron chi connectivity index (χ3n) is 10.9. The van der Waals surface area contributed by atoms with Gasteiger partial charge in [-0.25, -0.2) is 0 Å². The Kier molecular flexibility index (Phi) is 6.51. The molecule has 4 aromatic carbocycles. The predicted octanol–water partition coefficient (Wildman–Crippen LogP) is 10.2.